The molecule has 1 heterocycles. The second kappa shape index (κ2) is 8.91. The Bertz CT molecular complexity index is 999. The lowest BCUT2D eigenvalue weighted by atomic mass is 10.1. The summed E-state index contributed by atoms with van der Waals surface area (Å²) < 4.78 is 11.0. The molecule has 3 aromatic rings. The van der Waals surface area contributed by atoms with Crippen molar-refractivity contribution in [3.05, 3.63) is 64.9 Å². The number of nitrogens with one attached hydrogen (secondary N) is 1. The molecule has 1 aromatic heterocycles. The van der Waals surface area contributed by atoms with Gasteiger partial charge in [0.2, 0.25) is 5.91 Å². The third-order valence-electron chi connectivity index (χ3n) is 4.12. The third-order valence-corrected chi connectivity index (χ3v) is 4.45. The maximum absolute atomic E-state index is 12.4. The first-order chi connectivity index (χ1) is 13.5. The van der Waals surface area contributed by atoms with Crippen molar-refractivity contribution in [1.29, 1.82) is 0 Å². The van der Waals surface area contributed by atoms with Crippen LogP contribution in [0.2, 0.25) is 5.02 Å². The highest BCUT2D eigenvalue weighted by molar-refractivity contribution is 6.33. The second-order valence-corrected chi connectivity index (χ2v) is 6.72. The summed E-state index contributed by atoms with van der Waals surface area (Å²) in [4.78, 5) is 26.5. The summed E-state index contributed by atoms with van der Waals surface area (Å²) in [5.74, 6) is -0.187. The van der Waals surface area contributed by atoms with E-state index in [4.69, 9.17) is 20.8 Å². The van der Waals surface area contributed by atoms with Crippen molar-refractivity contribution in [2.45, 2.75) is 13.5 Å². The van der Waals surface area contributed by atoms with E-state index in [-0.39, 0.29) is 25.6 Å². The molecule has 0 aliphatic heterocycles. The first-order valence-corrected chi connectivity index (χ1v) is 9.27. The van der Waals surface area contributed by atoms with E-state index in [9.17, 15) is 9.59 Å². The van der Waals surface area contributed by atoms with Gasteiger partial charge in [-0.05, 0) is 32.2 Å². The number of esters is 1. The molecule has 146 valence electrons. The average Bonchev–Trinajstić information content (AvgIpc) is 3.01. The fraction of sp³-hybridized carbons (Fsp3) is 0.238. The van der Waals surface area contributed by atoms with Gasteiger partial charge in [-0.25, -0.2) is 4.79 Å². The van der Waals surface area contributed by atoms with Crippen LogP contribution in [0.25, 0.3) is 11.0 Å². The molecule has 7 heteroatoms. The summed E-state index contributed by atoms with van der Waals surface area (Å²) in [6.45, 7) is 2.40. The molecule has 6 nitrogen and oxygen atoms in total. The van der Waals surface area contributed by atoms with Crippen molar-refractivity contribution in [2.75, 3.05) is 25.5 Å². The zero-order valence-electron chi connectivity index (χ0n) is 15.7. The van der Waals surface area contributed by atoms with Crippen LogP contribution in [0.1, 0.15) is 23.0 Å². The highest BCUT2D eigenvalue weighted by Crippen LogP contribution is 2.27. The predicted octanol–water partition coefficient (Wildman–Crippen LogP) is 4.33. The molecule has 3 rings (SSSR count). The SMILES string of the molecule is CCOC(=O)c1c(CN(C)CC(=O)Nc2ccccc2Cl)oc2ccccc12. The Hall–Kier alpha value is -2.83. The van der Waals surface area contributed by atoms with E-state index in [1.54, 1.807) is 49.2 Å². The van der Waals surface area contributed by atoms with Crippen LogP contribution in [0.3, 0.4) is 0 Å². The van der Waals surface area contributed by atoms with Crippen molar-refractivity contribution < 1.29 is 18.7 Å². The minimum atomic E-state index is -0.434. The van der Waals surface area contributed by atoms with Gasteiger partial charge in [0.05, 0.1) is 30.4 Å². The third kappa shape index (κ3) is 4.52. The maximum Gasteiger partial charge on any atom is 0.342 e. The van der Waals surface area contributed by atoms with E-state index in [1.807, 2.05) is 18.2 Å². The number of benzene rings is 2. The van der Waals surface area contributed by atoms with E-state index in [2.05, 4.69) is 5.32 Å². The van der Waals surface area contributed by atoms with Gasteiger partial charge in [-0.15, -0.1) is 0 Å². The van der Waals surface area contributed by atoms with Gasteiger partial charge < -0.3 is 14.5 Å². The minimum absolute atomic E-state index is 0.102. The number of rotatable bonds is 7. The van der Waals surface area contributed by atoms with Crippen molar-refractivity contribution in [1.82, 2.24) is 4.90 Å². The number of likely N-dealkylation sites (N-methyl/N-ethyl adjacent to an activating group) is 1. The summed E-state index contributed by atoms with van der Waals surface area (Å²) in [5.41, 5.74) is 1.56. The Labute approximate surface area is 168 Å². The molecule has 2 aromatic carbocycles. The van der Waals surface area contributed by atoms with Gasteiger partial charge in [0.15, 0.2) is 0 Å². The van der Waals surface area contributed by atoms with E-state index < -0.39 is 5.97 Å². The highest BCUT2D eigenvalue weighted by atomic mass is 35.5. The molecule has 0 saturated carbocycles. The van der Waals surface area contributed by atoms with Gasteiger partial charge in [0.25, 0.3) is 0 Å². The number of carbonyl (C=O) groups excluding carboxylic acids is 2. The Balaban J connectivity index is 1.74. The summed E-state index contributed by atoms with van der Waals surface area (Å²) in [5, 5.41) is 3.95. The van der Waals surface area contributed by atoms with Crippen LogP contribution in [0.5, 0.6) is 0 Å². The molecular weight excluding hydrogens is 380 g/mol. The van der Waals surface area contributed by atoms with Crippen molar-refractivity contribution in [3.63, 3.8) is 0 Å². The molecule has 0 fully saturated rings. The topological polar surface area (TPSA) is 71.8 Å². The van der Waals surface area contributed by atoms with E-state index >= 15 is 0 Å². The molecule has 0 saturated heterocycles. The molecule has 0 radical (unpaired) electrons. The largest absolute Gasteiger partial charge is 0.462 e. The molecule has 0 unspecified atom stereocenters. The normalized spacial score (nSPS) is 11.0. The van der Waals surface area contributed by atoms with Crippen molar-refractivity contribution in [2.24, 2.45) is 0 Å². The van der Waals surface area contributed by atoms with Gasteiger partial charge in [-0.3, -0.25) is 9.69 Å². The molecule has 0 spiro atoms. The molecule has 0 bridgehead atoms. The minimum Gasteiger partial charge on any atom is -0.462 e. The van der Waals surface area contributed by atoms with Gasteiger partial charge >= 0.3 is 5.97 Å². The zero-order chi connectivity index (χ0) is 20.1. The van der Waals surface area contributed by atoms with Crippen LogP contribution in [-0.2, 0) is 16.1 Å². The number of hydrogen-bond acceptors (Lipinski definition) is 5. The van der Waals surface area contributed by atoms with Crippen LogP contribution in [0.15, 0.2) is 52.9 Å². The van der Waals surface area contributed by atoms with E-state index in [0.29, 0.717) is 33.0 Å². The van der Waals surface area contributed by atoms with E-state index in [1.165, 1.54) is 0 Å². The lowest BCUT2D eigenvalue weighted by molar-refractivity contribution is -0.117. The number of nitrogens with zero attached hydrogens (tertiary/aromatic N) is 1. The van der Waals surface area contributed by atoms with E-state index in [0.717, 1.165) is 0 Å². The molecule has 0 aliphatic rings. The molecular formula is C21H21ClN2O4. The number of carbonyl (C=O) groups is 2. The summed E-state index contributed by atoms with van der Waals surface area (Å²) in [7, 11) is 1.77. The van der Waals surface area contributed by atoms with Crippen LogP contribution in [-0.4, -0.2) is 37.0 Å². The number of fused-ring (bicyclic) bond motifs is 1. The molecule has 1 N–H and O–H groups in total. The number of amides is 1. The lowest BCUT2D eigenvalue weighted by Gasteiger charge is -2.16. The number of anilines is 1. The second-order valence-electron chi connectivity index (χ2n) is 6.32. The monoisotopic (exact) mass is 400 g/mol. The van der Waals surface area contributed by atoms with Crippen molar-refractivity contribution >= 4 is 40.1 Å². The Morgan fingerprint density at radius 1 is 1.14 bits per heavy atom. The molecule has 28 heavy (non-hydrogen) atoms. The Morgan fingerprint density at radius 3 is 2.61 bits per heavy atom. The van der Waals surface area contributed by atoms with Crippen LogP contribution in [0.4, 0.5) is 5.69 Å². The number of para-hydroxylation sites is 2. The van der Waals surface area contributed by atoms with Crippen molar-refractivity contribution in [3.8, 4) is 0 Å². The smallest absolute Gasteiger partial charge is 0.342 e. The van der Waals surface area contributed by atoms with Crippen LogP contribution < -0.4 is 5.32 Å². The molecule has 0 aliphatic carbocycles. The summed E-state index contributed by atoms with van der Waals surface area (Å²) in [6.07, 6.45) is 0. The van der Waals surface area contributed by atoms with Crippen LogP contribution in [0, 0.1) is 0 Å². The van der Waals surface area contributed by atoms with Gasteiger partial charge in [-0.2, -0.15) is 0 Å². The Morgan fingerprint density at radius 2 is 1.86 bits per heavy atom. The lowest BCUT2D eigenvalue weighted by Crippen LogP contribution is -2.30. The summed E-state index contributed by atoms with van der Waals surface area (Å²) in [6, 6.07) is 14.3. The summed E-state index contributed by atoms with van der Waals surface area (Å²) >= 11 is 6.07. The van der Waals surface area contributed by atoms with Gasteiger partial charge in [0, 0.05) is 5.39 Å². The molecule has 0 atom stereocenters. The van der Waals surface area contributed by atoms with Crippen LogP contribution >= 0.6 is 11.6 Å². The molecule has 1 amide bonds. The van der Waals surface area contributed by atoms with Gasteiger partial charge in [-0.1, -0.05) is 41.9 Å². The Kier molecular flexibility index (Phi) is 6.34. The quantitative estimate of drug-likeness (QED) is 0.597. The zero-order valence-corrected chi connectivity index (χ0v) is 16.5. The number of ether oxygens (including phenoxy) is 1. The fourth-order valence-corrected chi connectivity index (χ4v) is 3.12. The number of halogens is 1. The highest BCUT2D eigenvalue weighted by Gasteiger charge is 2.23. The first kappa shape index (κ1) is 19.9. The maximum atomic E-state index is 12.4. The van der Waals surface area contributed by atoms with Gasteiger partial charge in [0.1, 0.15) is 16.9 Å². The number of hydrogen-bond donors (Lipinski definition) is 1. The predicted molar refractivity (Wildman–Crippen MR) is 109 cm³/mol. The number of furan rings is 1. The fourth-order valence-electron chi connectivity index (χ4n) is 2.93. The first-order valence-electron chi connectivity index (χ1n) is 8.90. The standard InChI is InChI=1S/C21H21ClN2O4/c1-3-27-21(26)20-14-8-4-7-11-17(14)28-18(20)12-24(2)13-19(25)23-16-10-6-5-9-15(16)22/h4-11H,3,12-13H2,1-2H3,(H,23,25). The average molecular weight is 401 g/mol.